The number of benzene rings is 1. The summed E-state index contributed by atoms with van der Waals surface area (Å²) in [6, 6.07) is 9.25. The third-order valence-electron chi connectivity index (χ3n) is 2.49. The van der Waals surface area contributed by atoms with Crippen LogP contribution in [0.5, 0.6) is 0 Å². The van der Waals surface area contributed by atoms with Crippen LogP contribution >= 0.6 is 11.3 Å². The molecule has 0 radical (unpaired) electrons. The molecule has 6 nitrogen and oxygen atoms in total. The highest BCUT2D eigenvalue weighted by Crippen LogP contribution is 2.20. The Morgan fingerprint density at radius 3 is 2.71 bits per heavy atom. The summed E-state index contributed by atoms with van der Waals surface area (Å²) >= 11 is 1.10. The van der Waals surface area contributed by atoms with E-state index >= 15 is 0 Å². The number of carbonyl (C=O) groups is 2. The standard InChI is InChI=1S/C14H12N2O4S/c1-9(12(17)18)11-8-21-13(15-11)16-14(19)20-7-10-5-3-2-4-6-10/h2-6,8H,1,7H2,(H,17,18)(H,15,16,19). The number of carboxylic acids is 1. The van der Waals surface area contributed by atoms with Gasteiger partial charge in [0.1, 0.15) is 6.61 Å². The fourth-order valence-electron chi connectivity index (χ4n) is 1.43. The maximum atomic E-state index is 11.6. The molecule has 2 N–H and O–H groups in total. The van der Waals surface area contributed by atoms with E-state index < -0.39 is 12.1 Å². The lowest BCUT2D eigenvalue weighted by Gasteiger charge is -2.04. The van der Waals surface area contributed by atoms with Crippen LogP contribution in [0.2, 0.25) is 0 Å². The van der Waals surface area contributed by atoms with Gasteiger partial charge in [0.15, 0.2) is 5.13 Å². The van der Waals surface area contributed by atoms with Gasteiger partial charge in [0.05, 0.1) is 11.3 Å². The van der Waals surface area contributed by atoms with Crippen LogP contribution in [0.4, 0.5) is 9.93 Å². The predicted molar refractivity (Wildman–Crippen MR) is 79.0 cm³/mol. The summed E-state index contributed by atoms with van der Waals surface area (Å²) in [4.78, 5) is 26.3. The van der Waals surface area contributed by atoms with E-state index in [1.807, 2.05) is 30.3 Å². The molecule has 0 fully saturated rings. The van der Waals surface area contributed by atoms with Crippen LogP contribution in [-0.2, 0) is 16.1 Å². The van der Waals surface area contributed by atoms with Crippen molar-refractivity contribution in [2.24, 2.45) is 0 Å². The third-order valence-corrected chi connectivity index (χ3v) is 3.25. The fourth-order valence-corrected chi connectivity index (χ4v) is 2.14. The first-order chi connectivity index (χ1) is 10.1. The molecule has 0 saturated heterocycles. The van der Waals surface area contributed by atoms with Crippen molar-refractivity contribution in [1.29, 1.82) is 0 Å². The van der Waals surface area contributed by atoms with Crippen LogP contribution in [-0.4, -0.2) is 22.2 Å². The molecule has 1 amide bonds. The average Bonchev–Trinajstić information content (AvgIpc) is 2.93. The first-order valence-electron chi connectivity index (χ1n) is 5.92. The molecule has 2 rings (SSSR count). The minimum atomic E-state index is -1.15. The van der Waals surface area contributed by atoms with Gasteiger partial charge in [0.25, 0.3) is 0 Å². The molecule has 1 heterocycles. The second-order valence-corrected chi connectivity index (χ2v) is 4.87. The number of aromatic nitrogens is 1. The van der Waals surface area contributed by atoms with E-state index in [2.05, 4.69) is 16.9 Å². The van der Waals surface area contributed by atoms with Gasteiger partial charge < -0.3 is 9.84 Å². The molecule has 0 atom stereocenters. The molecular formula is C14H12N2O4S. The zero-order valence-corrected chi connectivity index (χ0v) is 11.7. The third kappa shape index (κ3) is 4.15. The molecule has 1 aromatic heterocycles. The Hall–Kier alpha value is -2.67. The molecular weight excluding hydrogens is 292 g/mol. The van der Waals surface area contributed by atoms with E-state index in [0.29, 0.717) is 0 Å². The molecule has 0 bridgehead atoms. The van der Waals surface area contributed by atoms with E-state index in [1.165, 1.54) is 5.38 Å². The highest BCUT2D eigenvalue weighted by Gasteiger charge is 2.13. The summed E-state index contributed by atoms with van der Waals surface area (Å²) in [6.45, 7) is 3.54. The first-order valence-corrected chi connectivity index (χ1v) is 6.80. The van der Waals surface area contributed by atoms with Gasteiger partial charge >= 0.3 is 12.1 Å². The number of thiazole rings is 1. The lowest BCUT2D eigenvalue weighted by molar-refractivity contribution is -0.130. The molecule has 0 aliphatic carbocycles. The number of anilines is 1. The van der Waals surface area contributed by atoms with E-state index in [0.717, 1.165) is 16.9 Å². The van der Waals surface area contributed by atoms with E-state index in [9.17, 15) is 9.59 Å². The monoisotopic (exact) mass is 304 g/mol. The number of carbonyl (C=O) groups excluding carboxylic acids is 1. The van der Waals surface area contributed by atoms with Crippen LogP contribution in [0.1, 0.15) is 11.3 Å². The van der Waals surface area contributed by atoms with E-state index in [1.54, 1.807) is 0 Å². The second kappa shape index (κ2) is 6.67. The Morgan fingerprint density at radius 1 is 1.33 bits per heavy atom. The number of amides is 1. The van der Waals surface area contributed by atoms with Gasteiger partial charge in [-0.2, -0.15) is 0 Å². The van der Waals surface area contributed by atoms with E-state index in [-0.39, 0.29) is 23.0 Å². The van der Waals surface area contributed by atoms with Gasteiger partial charge in [-0.25, -0.2) is 14.6 Å². The van der Waals surface area contributed by atoms with Gasteiger partial charge in [-0.1, -0.05) is 36.9 Å². The smallest absolute Gasteiger partial charge is 0.413 e. The molecule has 0 aliphatic heterocycles. The minimum Gasteiger partial charge on any atom is -0.478 e. The molecule has 0 unspecified atom stereocenters. The molecule has 108 valence electrons. The molecule has 21 heavy (non-hydrogen) atoms. The van der Waals surface area contributed by atoms with Crippen molar-refractivity contribution in [3.8, 4) is 0 Å². The highest BCUT2D eigenvalue weighted by molar-refractivity contribution is 7.14. The molecule has 0 aliphatic rings. The molecule has 0 spiro atoms. The number of nitrogens with one attached hydrogen (secondary N) is 1. The Morgan fingerprint density at radius 2 is 2.05 bits per heavy atom. The zero-order valence-electron chi connectivity index (χ0n) is 10.9. The van der Waals surface area contributed by atoms with Crippen molar-refractivity contribution in [3.63, 3.8) is 0 Å². The highest BCUT2D eigenvalue weighted by atomic mass is 32.1. The Labute approximate surface area is 124 Å². The summed E-state index contributed by atoms with van der Waals surface area (Å²) in [5.74, 6) is -1.15. The fraction of sp³-hybridized carbons (Fsp3) is 0.0714. The minimum absolute atomic E-state index is 0.128. The summed E-state index contributed by atoms with van der Waals surface area (Å²) in [5.41, 5.74) is 0.953. The van der Waals surface area contributed by atoms with Crippen molar-refractivity contribution in [2.45, 2.75) is 6.61 Å². The number of rotatable bonds is 5. The van der Waals surface area contributed by atoms with Gasteiger partial charge in [-0.05, 0) is 5.56 Å². The Bertz CT molecular complexity index is 667. The topological polar surface area (TPSA) is 88.5 Å². The lowest BCUT2D eigenvalue weighted by atomic mass is 10.2. The zero-order chi connectivity index (χ0) is 15.2. The molecule has 7 heteroatoms. The Kier molecular flexibility index (Phi) is 4.68. The van der Waals surface area contributed by atoms with Crippen LogP contribution in [0, 0.1) is 0 Å². The number of nitrogens with zero attached hydrogens (tertiary/aromatic N) is 1. The molecule has 1 aromatic carbocycles. The summed E-state index contributed by atoms with van der Waals surface area (Å²) in [6.07, 6.45) is -0.652. The van der Waals surface area contributed by atoms with Gasteiger partial charge in [-0.15, -0.1) is 11.3 Å². The normalized spacial score (nSPS) is 9.90. The summed E-state index contributed by atoms with van der Waals surface area (Å²) < 4.78 is 5.03. The summed E-state index contributed by atoms with van der Waals surface area (Å²) in [5, 5.41) is 13.0. The lowest BCUT2D eigenvalue weighted by Crippen LogP contribution is -2.13. The first kappa shape index (κ1) is 14.7. The van der Waals surface area contributed by atoms with Crippen molar-refractivity contribution in [3.05, 3.63) is 53.5 Å². The Balaban J connectivity index is 1.88. The van der Waals surface area contributed by atoms with Crippen LogP contribution in [0.15, 0.2) is 42.3 Å². The maximum absolute atomic E-state index is 11.6. The molecule has 0 saturated carbocycles. The van der Waals surface area contributed by atoms with Gasteiger partial charge in [-0.3, -0.25) is 5.32 Å². The van der Waals surface area contributed by atoms with Crippen LogP contribution in [0.3, 0.4) is 0 Å². The maximum Gasteiger partial charge on any atom is 0.413 e. The number of hydrogen-bond donors (Lipinski definition) is 2. The average molecular weight is 304 g/mol. The van der Waals surface area contributed by atoms with Crippen molar-refractivity contribution >= 4 is 34.1 Å². The van der Waals surface area contributed by atoms with Gasteiger partial charge in [0.2, 0.25) is 0 Å². The van der Waals surface area contributed by atoms with Crippen LogP contribution in [0.25, 0.3) is 5.57 Å². The number of hydrogen-bond acceptors (Lipinski definition) is 5. The summed E-state index contributed by atoms with van der Waals surface area (Å²) in [7, 11) is 0. The SMILES string of the molecule is C=C(C(=O)O)c1csc(NC(=O)OCc2ccccc2)n1. The van der Waals surface area contributed by atoms with Crippen LogP contribution < -0.4 is 5.32 Å². The predicted octanol–water partition coefficient (Wildman–Crippen LogP) is 2.99. The second-order valence-electron chi connectivity index (χ2n) is 4.01. The number of carboxylic acid groups (broad SMARTS) is 1. The van der Waals surface area contributed by atoms with E-state index in [4.69, 9.17) is 9.84 Å². The largest absolute Gasteiger partial charge is 0.478 e. The number of aliphatic carboxylic acids is 1. The van der Waals surface area contributed by atoms with Crippen molar-refractivity contribution in [2.75, 3.05) is 5.32 Å². The van der Waals surface area contributed by atoms with Crippen molar-refractivity contribution in [1.82, 2.24) is 4.98 Å². The van der Waals surface area contributed by atoms with Gasteiger partial charge in [0, 0.05) is 5.38 Å². The number of ether oxygens (including phenoxy) is 1. The quantitative estimate of drug-likeness (QED) is 0.829. The van der Waals surface area contributed by atoms with Crippen molar-refractivity contribution < 1.29 is 19.4 Å². The molecule has 2 aromatic rings.